The highest BCUT2D eigenvalue weighted by Crippen LogP contribution is 2.24. The van der Waals surface area contributed by atoms with Crippen LogP contribution in [-0.2, 0) is 4.79 Å². The van der Waals surface area contributed by atoms with Crippen molar-refractivity contribution in [2.24, 2.45) is 0 Å². The molecule has 2 N–H and O–H groups in total. The Morgan fingerprint density at radius 1 is 1.12 bits per heavy atom. The van der Waals surface area contributed by atoms with E-state index in [2.05, 4.69) is 40.4 Å². The van der Waals surface area contributed by atoms with Crippen molar-refractivity contribution in [2.75, 3.05) is 10.6 Å². The van der Waals surface area contributed by atoms with Crippen LogP contribution in [0.5, 0.6) is 0 Å². The van der Waals surface area contributed by atoms with Gasteiger partial charge < -0.3 is 10.6 Å². The average molecular weight is 384 g/mol. The van der Waals surface area contributed by atoms with E-state index in [1.807, 2.05) is 54.6 Å². The number of benzene rings is 2. The first-order chi connectivity index (χ1) is 11.5. The van der Waals surface area contributed by atoms with Crippen LogP contribution in [0.4, 0.5) is 11.4 Å². The first-order valence-electron chi connectivity index (χ1n) is 7.54. The lowest BCUT2D eigenvalue weighted by Crippen LogP contribution is -2.16. The summed E-state index contributed by atoms with van der Waals surface area (Å²) in [6.07, 6.45) is 1.41. The van der Waals surface area contributed by atoms with E-state index in [-0.39, 0.29) is 11.5 Å². The monoisotopic (exact) mass is 383 g/mol. The van der Waals surface area contributed by atoms with Gasteiger partial charge in [-0.2, -0.15) is 5.26 Å². The second-order valence-corrected chi connectivity index (χ2v) is 6.34. The van der Waals surface area contributed by atoms with E-state index in [0.29, 0.717) is 0 Å². The second-order valence-electron chi connectivity index (χ2n) is 5.49. The van der Waals surface area contributed by atoms with Crippen molar-refractivity contribution in [3.8, 4) is 6.07 Å². The van der Waals surface area contributed by atoms with Gasteiger partial charge in [-0.3, -0.25) is 4.79 Å². The Morgan fingerprint density at radius 3 is 2.38 bits per heavy atom. The Balaban J connectivity index is 2.17. The summed E-state index contributed by atoms with van der Waals surface area (Å²) in [6.45, 7) is 4.11. The van der Waals surface area contributed by atoms with Gasteiger partial charge in [0, 0.05) is 16.4 Å². The SMILES string of the molecule is CC(C)c1ccccc1NC(=O)/C(C#N)=C\Nc1ccccc1Br. The summed E-state index contributed by atoms with van der Waals surface area (Å²) in [4.78, 5) is 12.4. The molecule has 0 saturated heterocycles. The summed E-state index contributed by atoms with van der Waals surface area (Å²) in [6, 6.07) is 17.0. The van der Waals surface area contributed by atoms with Gasteiger partial charge in [-0.25, -0.2) is 0 Å². The van der Waals surface area contributed by atoms with E-state index in [1.54, 1.807) is 0 Å². The van der Waals surface area contributed by atoms with Crippen molar-refractivity contribution in [1.82, 2.24) is 0 Å². The molecule has 1 amide bonds. The third kappa shape index (κ3) is 4.46. The molecule has 0 aliphatic heterocycles. The molecule has 0 aliphatic carbocycles. The number of carbonyl (C=O) groups excluding carboxylic acids is 1. The topological polar surface area (TPSA) is 64.9 Å². The Hall–Kier alpha value is -2.58. The predicted octanol–water partition coefficient (Wildman–Crippen LogP) is 5.03. The molecule has 0 heterocycles. The smallest absolute Gasteiger partial charge is 0.267 e. The maximum Gasteiger partial charge on any atom is 0.267 e. The zero-order valence-electron chi connectivity index (χ0n) is 13.5. The van der Waals surface area contributed by atoms with Crippen LogP contribution in [0.2, 0.25) is 0 Å². The molecular weight excluding hydrogens is 366 g/mol. The van der Waals surface area contributed by atoms with Gasteiger partial charge in [0.05, 0.1) is 5.69 Å². The molecule has 0 atom stereocenters. The summed E-state index contributed by atoms with van der Waals surface area (Å²) in [5, 5.41) is 15.1. The summed E-state index contributed by atoms with van der Waals surface area (Å²) >= 11 is 3.41. The summed E-state index contributed by atoms with van der Waals surface area (Å²) in [5.41, 5.74) is 2.53. The predicted molar refractivity (Wildman–Crippen MR) is 101 cm³/mol. The van der Waals surface area contributed by atoms with Crippen molar-refractivity contribution < 1.29 is 4.79 Å². The minimum Gasteiger partial charge on any atom is -0.359 e. The zero-order chi connectivity index (χ0) is 17.5. The van der Waals surface area contributed by atoms with Gasteiger partial charge in [0.15, 0.2) is 0 Å². The number of anilines is 2. The molecule has 2 aromatic carbocycles. The molecule has 4 nitrogen and oxygen atoms in total. The van der Waals surface area contributed by atoms with E-state index < -0.39 is 5.91 Å². The minimum atomic E-state index is -0.440. The molecule has 5 heteroatoms. The molecule has 0 saturated carbocycles. The number of hydrogen-bond donors (Lipinski definition) is 2. The summed E-state index contributed by atoms with van der Waals surface area (Å²) in [5.74, 6) is -0.167. The quantitative estimate of drug-likeness (QED) is 0.561. The highest BCUT2D eigenvalue weighted by molar-refractivity contribution is 9.10. The van der Waals surface area contributed by atoms with Crippen LogP contribution in [0.15, 0.2) is 64.8 Å². The first kappa shape index (κ1) is 17.8. The number of nitrogens with zero attached hydrogens (tertiary/aromatic N) is 1. The van der Waals surface area contributed by atoms with Crippen molar-refractivity contribution in [1.29, 1.82) is 5.26 Å². The number of halogens is 1. The molecule has 0 aliphatic rings. The highest BCUT2D eigenvalue weighted by atomic mass is 79.9. The van der Waals surface area contributed by atoms with E-state index in [0.717, 1.165) is 21.4 Å². The fourth-order valence-corrected chi connectivity index (χ4v) is 2.58. The van der Waals surface area contributed by atoms with Crippen LogP contribution in [0.25, 0.3) is 0 Å². The van der Waals surface area contributed by atoms with E-state index in [1.165, 1.54) is 6.20 Å². The number of nitrogens with one attached hydrogen (secondary N) is 2. The lowest BCUT2D eigenvalue weighted by molar-refractivity contribution is -0.112. The van der Waals surface area contributed by atoms with E-state index in [4.69, 9.17) is 0 Å². The Kier molecular flexibility index (Phi) is 6.16. The standard InChI is InChI=1S/C19H18BrN3O/c1-13(2)15-7-3-5-9-17(15)23-19(24)14(11-21)12-22-18-10-6-4-8-16(18)20/h3-10,12-13,22H,1-2H3,(H,23,24)/b14-12-. The summed E-state index contributed by atoms with van der Waals surface area (Å²) < 4.78 is 0.851. The normalized spacial score (nSPS) is 11.0. The number of amides is 1. The Labute approximate surface area is 150 Å². The van der Waals surface area contributed by atoms with Gasteiger partial charge in [-0.1, -0.05) is 44.2 Å². The van der Waals surface area contributed by atoms with Crippen LogP contribution >= 0.6 is 15.9 Å². The van der Waals surface area contributed by atoms with E-state index in [9.17, 15) is 10.1 Å². The van der Waals surface area contributed by atoms with Crippen LogP contribution in [0.3, 0.4) is 0 Å². The Bertz CT molecular complexity index is 806. The molecular formula is C19H18BrN3O. The van der Waals surface area contributed by atoms with Crippen LogP contribution in [-0.4, -0.2) is 5.91 Å². The number of hydrogen-bond acceptors (Lipinski definition) is 3. The van der Waals surface area contributed by atoms with Crippen molar-refractivity contribution in [3.63, 3.8) is 0 Å². The fourth-order valence-electron chi connectivity index (χ4n) is 2.18. The minimum absolute atomic E-state index is 0.00399. The molecule has 0 bridgehead atoms. The van der Waals surface area contributed by atoms with Gasteiger partial charge in [0.2, 0.25) is 0 Å². The molecule has 0 spiro atoms. The van der Waals surface area contributed by atoms with Crippen LogP contribution < -0.4 is 10.6 Å². The van der Waals surface area contributed by atoms with Gasteiger partial charge in [-0.05, 0) is 45.6 Å². The molecule has 0 radical (unpaired) electrons. The number of nitriles is 1. The van der Waals surface area contributed by atoms with E-state index >= 15 is 0 Å². The lowest BCUT2D eigenvalue weighted by Gasteiger charge is -2.13. The number of rotatable bonds is 5. The fraction of sp³-hybridized carbons (Fsp3) is 0.158. The molecule has 2 rings (SSSR count). The third-order valence-corrected chi connectivity index (χ3v) is 4.13. The lowest BCUT2D eigenvalue weighted by atomic mass is 10.0. The number of para-hydroxylation sites is 2. The van der Waals surface area contributed by atoms with Gasteiger partial charge in [0.25, 0.3) is 5.91 Å². The maximum atomic E-state index is 12.4. The maximum absolute atomic E-state index is 12.4. The second kappa shape index (κ2) is 8.32. The number of carbonyl (C=O) groups is 1. The van der Waals surface area contributed by atoms with Crippen molar-refractivity contribution >= 4 is 33.2 Å². The molecule has 0 fully saturated rings. The largest absolute Gasteiger partial charge is 0.359 e. The van der Waals surface area contributed by atoms with Crippen molar-refractivity contribution in [3.05, 3.63) is 70.3 Å². The molecule has 2 aromatic rings. The molecule has 0 aromatic heterocycles. The molecule has 122 valence electrons. The van der Waals surface area contributed by atoms with Gasteiger partial charge in [0.1, 0.15) is 11.6 Å². The molecule has 0 unspecified atom stereocenters. The Morgan fingerprint density at radius 2 is 1.75 bits per heavy atom. The molecule has 24 heavy (non-hydrogen) atoms. The van der Waals surface area contributed by atoms with Crippen LogP contribution in [0.1, 0.15) is 25.3 Å². The zero-order valence-corrected chi connectivity index (χ0v) is 15.1. The highest BCUT2D eigenvalue weighted by Gasteiger charge is 2.13. The summed E-state index contributed by atoms with van der Waals surface area (Å²) in [7, 11) is 0. The first-order valence-corrected chi connectivity index (χ1v) is 8.34. The van der Waals surface area contributed by atoms with Crippen LogP contribution in [0, 0.1) is 11.3 Å². The van der Waals surface area contributed by atoms with Crippen molar-refractivity contribution in [2.45, 2.75) is 19.8 Å². The van der Waals surface area contributed by atoms with Gasteiger partial charge in [-0.15, -0.1) is 0 Å². The third-order valence-electron chi connectivity index (χ3n) is 3.44. The average Bonchev–Trinajstić information content (AvgIpc) is 2.57. The van der Waals surface area contributed by atoms with Gasteiger partial charge >= 0.3 is 0 Å².